The van der Waals surface area contributed by atoms with E-state index in [2.05, 4.69) is 15.3 Å². The number of nitrogens with one attached hydrogen (secondary N) is 2. The molecule has 1 aliphatic heterocycles. The molecular formula is C22H22F2N4O5. The molecule has 0 aliphatic carbocycles. The van der Waals surface area contributed by atoms with E-state index in [0.717, 1.165) is 23.2 Å². The van der Waals surface area contributed by atoms with Gasteiger partial charge in [0.05, 0.1) is 23.6 Å². The summed E-state index contributed by atoms with van der Waals surface area (Å²) in [6.45, 7) is -0.104. The zero-order valence-electron chi connectivity index (χ0n) is 17.4. The molecule has 0 saturated carbocycles. The number of fused-ring (bicyclic) bond motifs is 1. The molecule has 0 spiro atoms. The maximum absolute atomic E-state index is 13.4. The average Bonchev–Trinajstić information content (AvgIpc) is 3.14. The highest BCUT2D eigenvalue weighted by Gasteiger charge is 2.31. The minimum Gasteiger partial charge on any atom is -0.483 e. The summed E-state index contributed by atoms with van der Waals surface area (Å²) in [5, 5.41) is 19.8. The number of para-hydroxylation sites is 2. The third-order valence-corrected chi connectivity index (χ3v) is 4.96. The van der Waals surface area contributed by atoms with Gasteiger partial charge in [-0.3, -0.25) is 14.4 Å². The summed E-state index contributed by atoms with van der Waals surface area (Å²) < 4.78 is 26.9. The standard InChI is InChI=1S/C21H20F2N4O3.CH2O2/c22-13-5-12(6-14(23)7-13)21(30)27-10-15(8-16(28)11-27)24-20(29)9-19-25-17-3-1-2-4-18(17)26-19;2-1-3/h1-7,15-16,28H,8-11H2,(H,24,29)(H,25,26);1H,(H,2,3)/t15-,16+;/m0./s1. The number of carbonyl (C=O) groups excluding carboxylic acids is 2. The first-order chi connectivity index (χ1) is 15.8. The molecule has 2 atom stereocenters. The molecular weight excluding hydrogens is 438 g/mol. The lowest BCUT2D eigenvalue weighted by Crippen LogP contribution is -2.54. The molecule has 0 unspecified atom stereocenters. The molecule has 1 saturated heterocycles. The van der Waals surface area contributed by atoms with Crippen LogP contribution in [0.25, 0.3) is 11.0 Å². The van der Waals surface area contributed by atoms with E-state index in [1.165, 1.54) is 4.90 Å². The maximum atomic E-state index is 13.4. The summed E-state index contributed by atoms with van der Waals surface area (Å²) in [6, 6.07) is 9.50. The smallest absolute Gasteiger partial charge is 0.290 e. The second-order valence-electron chi connectivity index (χ2n) is 7.51. The number of carboxylic acid groups (broad SMARTS) is 1. The lowest BCUT2D eigenvalue weighted by molar-refractivity contribution is -0.123. The number of aromatic amines is 1. The van der Waals surface area contributed by atoms with E-state index < -0.39 is 29.7 Å². The Hall–Kier alpha value is -3.86. The predicted molar refractivity (Wildman–Crippen MR) is 113 cm³/mol. The SMILES string of the molecule is O=C(Cc1nc2ccccc2[nH]1)N[C@H]1C[C@@H](O)CN(C(=O)c2cc(F)cc(F)c2)C1.O=CO. The van der Waals surface area contributed by atoms with Crippen LogP contribution in [0.15, 0.2) is 42.5 Å². The minimum absolute atomic E-state index is 0.0182. The van der Waals surface area contributed by atoms with Gasteiger partial charge in [0, 0.05) is 30.8 Å². The largest absolute Gasteiger partial charge is 0.483 e. The molecule has 4 N–H and O–H groups in total. The Morgan fingerprint density at radius 3 is 2.52 bits per heavy atom. The molecule has 0 radical (unpaired) electrons. The van der Waals surface area contributed by atoms with Crippen molar-refractivity contribution < 1.29 is 33.4 Å². The molecule has 2 heterocycles. The van der Waals surface area contributed by atoms with Crippen molar-refractivity contribution >= 4 is 29.3 Å². The first-order valence-electron chi connectivity index (χ1n) is 10.0. The van der Waals surface area contributed by atoms with Gasteiger partial charge in [0.15, 0.2) is 0 Å². The van der Waals surface area contributed by atoms with E-state index >= 15 is 0 Å². The van der Waals surface area contributed by atoms with Crippen LogP contribution in [0.5, 0.6) is 0 Å². The van der Waals surface area contributed by atoms with E-state index in [4.69, 9.17) is 9.90 Å². The number of aliphatic hydroxyl groups excluding tert-OH is 1. The van der Waals surface area contributed by atoms with Crippen molar-refractivity contribution in [3.8, 4) is 0 Å². The van der Waals surface area contributed by atoms with E-state index in [0.29, 0.717) is 11.9 Å². The number of benzene rings is 2. The number of hydrogen-bond donors (Lipinski definition) is 4. The van der Waals surface area contributed by atoms with Crippen molar-refractivity contribution in [3.63, 3.8) is 0 Å². The molecule has 1 aromatic heterocycles. The molecule has 2 amide bonds. The van der Waals surface area contributed by atoms with Gasteiger partial charge in [0.2, 0.25) is 5.91 Å². The van der Waals surface area contributed by atoms with E-state index in [1.54, 1.807) is 0 Å². The Kier molecular flexibility index (Phi) is 7.67. The number of H-pyrrole nitrogens is 1. The first kappa shape index (κ1) is 23.8. The molecule has 2 aromatic carbocycles. The van der Waals surface area contributed by atoms with Crippen molar-refractivity contribution in [2.45, 2.75) is 25.0 Å². The zero-order chi connectivity index (χ0) is 24.0. The summed E-state index contributed by atoms with van der Waals surface area (Å²) in [5.74, 6) is -2.12. The number of halogens is 2. The molecule has 3 aromatic rings. The molecule has 1 aliphatic rings. The normalized spacial score (nSPS) is 17.7. The number of hydrogen-bond acceptors (Lipinski definition) is 5. The third kappa shape index (κ3) is 6.32. The van der Waals surface area contributed by atoms with Crippen LogP contribution in [0.1, 0.15) is 22.6 Å². The first-order valence-corrected chi connectivity index (χ1v) is 10.0. The van der Waals surface area contributed by atoms with Gasteiger partial charge in [0.25, 0.3) is 12.4 Å². The van der Waals surface area contributed by atoms with Gasteiger partial charge in [-0.1, -0.05) is 12.1 Å². The molecule has 11 heteroatoms. The van der Waals surface area contributed by atoms with Crippen LogP contribution >= 0.6 is 0 Å². The molecule has 1 fully saturated rings. The number of imidazole rings is 1. The minimum atomic E-state index is -0.863. The molecule has 4 rings (SSSR count). The van der Waals surface area contributed by atoms with E-state index in [9.17, 15) is 23.5 Å². The van der Waals surface area contributed by atoms with Crippen LogP contribution in [0.2, 0.25) is 0 Å². The van der Waals surface area contributed by atoms with Crippen LogP contribution < -0.4 is 5.32 Å². The summed E-state index contributed by atoms with van der Waals surface area (Å²) in [5.41, 5.74) is 1.44. The van der Waals surface area contributed by atoms with Gasteiger partial charge >= 0.3 is 0 Å². The number of carbonyl (C=O) groups is 3. The fourth-order valence-electron chi connectivity index (χ4n) is 3.72. The number of amides is 2. The zero-order valence-corrected chi connectivity index (χ0v) is 17.4. The third-order valence-electron chi connectivity index (χ3n) is 4.96. The van der Waals surface area contributed by atoms with Gasteiger partial charge in [-0.25, -0.2) is 13.8 Å². The number of likely N-dealkylation sites (tertiary alicyclic amines) is 1. The fourth-order valence-corrected chi connectivity index (χ4v) is 3.72. The monoisotopic (exact) mass is 460 g/mol. The van der Waals surface area contributed by atoms with Gasteiger partial charge in [-0.2, -0.15) is 0 Å². The molecule has 33 heavy (non-hydrogen) atoms. The van der Waals surface area contributed by atoms with Gasteiger partial charge in [-0.15, -0.1) is 0 Å². The highest BCUT2D eigenvalue weighted by Crippen LogP contribution is 2.17. The van der Waals surface area contributed by atoms with Crippen LogP contribution in [-0.4, -0.2) is 68.6 Å². The van der Waals surface area contributed by atoms with Crippen molar-refractivity contribution in [3.05, 3.63) is 65.5 Å². The second kappa shape index (κ2) is 10.6. The topological polar surface area (TPSA) is 136 Å². The fraction of sp³-hybridized carbons (Fsp3) is 0.273. The Morgan fingerprint density at radius 2 is 1.85 bits per heavy atom. The predicted octanol–water partition coefficient (Wildman–Crippen LogP) is 1.48. The summed E-state index contributed by atoms with van der Waals surface area (Å²) in [6.07, 6.45) is -0.574. The summed E-state index contributed by atoms with van der Waals surface area (Å²) in [7, 11) is 0. The Labute approximate surface area is 187 Å². The van der Waals surface area contributed by atoms with Gasteiger partial charge < -0.3 is 25.4 Å². The quantitative estimate of drug-likeness (QED) is 0.436. The number of piperidine rings is 1. The Bertz CT molecular complexity index is 1100. The molecule has 9 nitrogen and oxygen atoms in total. The van der Waals surface area contributed by atoms with Gasteiger partial charge in [0.1, 0.15) is 17.5 Å². The Morgan fingerprint density at radius 1 is 1.18 bits per heavy atom. The lowest BCUT2D eigenvalue weighted by atomic mass is 10.0. The Balaban J connectivity index is 0.000000968. The number of aliphatic hydroxyl groups is 1. The van der Waals surface area contributed by atoms with Gasteiger partial charge in [-0.05, 0) is 30.7 Å². The summed E-state index contributed by atoms with van der Waals surface area (Å²) >= 11 is 0. The lowest BCUT2D eigenvalue weighted by Gasteiger charge is -2.36. The number of nitrogens with zero attached hydrogens (tertiary/aromatic N) is 2. The van der Waals surface area contributed by atoms with Crippen molar-refractivity contribution in [2.75, 3.05) is 13.1 Å². The van der Waals surface area contributed by atoms with Crippen molar-refractivity contribution in [1.82, 2.24) is 20.2 Å². The molecule has 0 bridgehead atoms. The van der Waals surface area contributed by atoms with Crippen LogP contribution in [0.3, 0.4) is 0 Å². The van der Waals surface area contributed by atoms with Crippen molar-refractivity contribution in [1.29, 1.82) is 0 Å². The number of β-amino-alcohol motifs (C(OH)–C–C–N with tert-alkyl or cyclic N) is 1. The van der Waals surface area contributed by atoms with E-state index in [-0.39, 0.29) is 43.9 Å². The number of rotatable bonds is 4. The van der Waals surface area contributed by atoms with Crippen LogP contribution in [0, 0.1) is 11.6 Å². The van der Waals surface area contributed by atoms with Crippen LogP contribution in [-0.2, 0) is 16.0 Å². The highest BCUT2D eigenvalue weighted by molar-refractivity contribution is 5.94. The number of aromatic nitrogens is 2. The second-order valence-corrected chi connectivity index (χ2v) is 7.51. The van der Waals surface area contributed by atoms with Crippen LogP contribution in [0.4, 0.5) is 8.78 Å². The van der Waals surface area contributed by atoms with E-state index in [1.807, 2.05) is 24.3 Å². The maximum Gasteiger partial charge on any atom is 0.290 e. The summed E-state index contributed by atoms with van der Waals surface area (Å²) in [4.78, 5) is 42.2. The highest BCUT2D eigenvalue weighted by atomic mass is 19.1. The molecule has 174 valence electrons. The average molecular weight is 460 g/mol. The van der Waals surface area contributed by atoms with Crippen molar-refractivity contribution in [2.24, 2.45) is 0 Å².